The highest BCUT2D eigenvalue weighted by Gasteiger charge is 2.33. The van der Waals surface area contributed by atoms with Crippen molar-refractivity contribution >= 4 is 12.0 Å². The lowest BCUT2D eigenvalue weighted by atomic mass is 9.75. The molecular formula is C20H36N4O2. The van der Waals surface area contributed by atoms with Gasteiger partial charge in [0.25, 0.3) is 0 Å². The highest BCUT2D eigenvalue weighted by Crippen LogP contribution is 2.35. The summed E-state index contributed by atoms with van der Waals surface area (Å²) in [5.74, 6) is 2.18. The van der Waals surface area contributed by atoms with Crippen molar-refractivity contribution in [3.05, 3.63) is 11.9 Å². The highest BCUT2D eigenvalue weighted by molar-refractivity contribution is 5.67. The number of hydrogen-bond acceptors (Lipinski definition) is 4. The topological polar surface area (TPSA) is 93.0 Å². The van der Waals surface area contributed by atoms with E-state index in [1.165, 1.54) is 12.8 Å². The molecule has 0 bridgehead atoms. The Morgan fingerprint density at radius 3 is 2.81 bits per heavy atom. The highest BCUT2D eigenvalue weighted by atomic mass is 16.6. The Morgan fingerprint density at radius 1 is 1.35 bits per heavy atom. The molecule has 0 unspecified atom stereocenters. The molecule has 1 aromatic rings. The molecule has 1 aromatic heterocycles. The SMILES string of the molecule is CC(C)[C@@H]1CC[C@@H](C)C[C@H]1OC(=O)NCCCCCCc1cnc(N)[nH]1. The number of aryl methyl sites for hydroxylation is 1. The number of rotatable bonds is 9. The number of anilines is 1. The first-order chi connectivity index (χ1) is 12.5. The van der Waals surface area contributed by atoms with E-state index in [9.17, 15) is 4.79 Å². The van der Waals surface area contributed by atoms with Crippen LogP contribution in [0.1, 0.15) is 71.4 Å². The Bertz CT molecular complexity index is 544. The summed E-state index contributed by atoms with van der Waals surface area (Å²) in [4.78, 5) is 19.1. The Kier molecular flexibility index (Phi) is 8.26. The predicted octanol–water partition coefficient (Wildman–Crippen LogP) is 4.28. The van der Waals surface area contributed by atoms with Gasteiger partial charge in [-0.3, -0.25) is 0 Å². The molecule has 0 aliphatic heterocycles. The monoisotopic (exact) mass is 364 g/mol. The average molecular weight is 365 g/mol. The second-order valence-corrected chi connectivity index (χ2v) is 8.15. The number of alkyl carbamates (subject to hydrolysis) is 1. The van der Waals surface area contributed by atoms with Crippen molar-refractivity contribution in [2.75, 3.05) is 12.3 Å². The molecular weight excluding hydrogens is 328 g/mol. The molecule has 1 saturated carbocycles. The molecule has 0 spiro atoms. The van der Waals surface area contributed by atoms with Gasteiger partial charge in [0.1, 0.15) is 6.10 Å². The zero-order chi connectivity index (χ0) is 18.9. The minimum atomic E-state index is -0.248. The van der Waals surface area contributed by atoms with Gasteiger partial charge in [0.2, 0.25) is 0 Å². The lowest BCUT2D eigenvalue weighted by Crippen LogP contribution is -2.39. The number of nitrogens with two attached hydrogens (primary N) is 1. The van der Waals surface area contributed by atoms with Gasteiger partial charge in [-0.1, -0.05) is 40.0 Å². The maximum Gasteiger partial charge on any atom is 0.407 e. The van der Waals surface area contributed by atoms with Crippen molar-refractivity contribution in [3.8, 4) is 0 Å². The van der Waals surface area contributed by atoms with Gasteiger partial charge in [-0.2, -0.15) is 0 Å². The van der Waals surface area contributed by atoms with E-state index in [4.69, 9.17) is 10.5 Å². The van der Waals surface area contributed by atoms with Gasteiger partial charge in [0.05, 0.1) is 6.20 Å². The van der Waals surface area contributed by atoms with Gasteiger partial charge in [0.15, 0.2) is 5.95 Å². The Labute approximate surface area is 157 Å². The van der Waals surface area contributed by atoms with Gasteiger partial charge in [0, 0.05) is 12.2 Å². The van der Waals surface area contributed by atoms with E-state index < -0.39 is 0 Å². The van der Waals surface area contributed by atoms with Gasteiger partial charge in [-0.25, -0.2) is 9.78 Å². The summed E-state index contributed by atoms with van der Waals surface area (Å²) < 4.78 is 5.75. The Balaban J connectivity index is 1.55. The first-order valence-electron chi connectivity index (χ1n) is 10.2. The number of aromatic amines is 1. The van der Waals surface area contributed by atoms with Crippen molar-refractivity contribution in [1.82, 2.24) is 15.3 Å². The summed E-state index contributed by atoms with van der Waals surface area (Å²) in [6, 6.07) is 0. The first-order valence-corrected chi connectivity index (χ1v) is 10.2. The fourth-order valence-electron chi connectivity index (χ4n) is 3.92. The van der Waals surface area contributed by atoms with E-state index in [2.05, 4.69) is 36.1 Å². The van der Waals surface area contributed by atoms with Crippen LogP contribution in [0.4, 0.5) is 10.7 Å². The molecule has 0 aromatic carbocycles. The molecule has 2 rings (SSSR count). The number of aromatic nitrogens is 2. The fraction of sp³-hybridized carbons (Fsp3) is 0.800. The third kappa shape index (κ3) is 6.89. The lowest BCUT2D eigenvalue weighted by molar-refractivity contribution is 0.00622. The average Bonchev–Trinajstić information content (AvgIpc) is 2.99. The van der Waals surface area contributed by atoms with Gasteiger partial charge < -0.3 is 20.8 Å². The normalized spacial score (nSPS) is 23.2. The first kappa shape index (κ1) is 20.6. The van der Waals surface area contributed by atoms with E-state index in [1.807, 2.05) is 0 Å². The largest absolute Gasteiger partial charge is 0.446 e. The molecule has 0 radical (unpaired) electrons. The van der Waals surface area contributed by atoms with E-state index in [0.717, 1.165) is 44.2 Å². The van der Waals surface area contributed by atoms with Crippen LogP contribution in [0, 0.1) is 17.8 Å². The van der Waals surface area contributed by atoms with E-state index in [-0.39, 0.29) is 12.2 Å². The lowest BCUT2D eigenvalue weighted by Gasteiger charge is -2.36. The minimum absolute atomic E-state index is 0.0700. The number of amides is 1. The van der Waals surface area contributed by atoms with Gasteiger partial charge >= 0.3 is 6.09 Å². The van der Waals surface area contributed by atoms with Crippen molar-refractivity contribution < 1.29 is 9.53 Å². The quantitative estimate of drug-likeness (QED) is 0.570. The van der Waals surface area contributed by atoms with Crippen LogP contribution >= 0.6 is 0 Å². The van der Waals surface area contributed by atoms with Gasteiger partial charge in [-0.05, 0) is 49.9 Å². The molecule has 0 saturated heterocycles. The minimum Gasteiger partial charge on any atom is -0.446 e. The molecule has 26 heavy (non-hydrogen) atoms. The number of ether oxygens (including phenoxy) is 1. The van der Waals surface area contributed by atoms with Crippen molar-refractivity contribution in [3.63, 3.8) is 0 Å². The summed E-state index contributed by atoms with van der Waals surface area (Å²) in [6.07, 6.45) is 10.3. The molecule has 1 amide bonds. The van der Waals surface area contributed by atoms with Crippen LogP contribution in [0.3, 0.4) is 0 Å². The molecule has 1 heterocycles. The van der Waals surface area contributed by atoms with E-state index in [1.54, 1.807) is 6.20 Å². The molecule has 1 aliphatic rings. The predicted molar refractivity (Wildman–Crippen MR) is 105 cm³/mol. The molecule has 148 valence electrons. The van der Waals surface area contributed by atoms with E-state index in [0.29, 0.717) is 30.2 Å². The van der Waals surface area contributed by atoms with Crippen LogP contribution in [0.25, 0.3) is 0 Å². The van der Waals surface area contributed by atoms with Crippen LogP contribution in [-0.2, 0) is 11.2 Å². The van der Waals surface area contributed by atoms with Crippen LogP contribution in [0.15, 0.2) is 6.20 Å². The van der Waals surface area contributed by atoms with Crippen LogP contribution in [-0.4, -0.2) is 28.7 Å². The second-order valence-electron chi connectivity index (χ2n) is 8.15. The fourth-order valence-corrected chi connectivity index (χ4v) is 3.92. The molecule has 3 atom stereocenters. The third-order valence-corrected chi connectivity index (χ3v) is 5.51. The summed E-state index contributed by atoms with van der Waals surface area (Å²) in [7, 11) is 0. The summed E-state index contributed by atoms with van der Waals surface area (Å²) in [6.45, 7) is 7.39. The molecule has 6 nitrogen and oxygen atoms in total. The summed E-state index contributed by atoms with van der Waals surface area (Å²) in [5, 5.41) is 2.92. The number of nitrogens with zero attached hydrogens (tertiary/aromatic N) is 1. The molecule has 1 aliphatic carbocycles. The Morgan fingerprint density at radius 2 is 2.12 bits per heavy atom. The van der Waals surface area contributed by atoms with Crippen LogP contribution in [0.5, 0.6) is 0 Å². The number of imidazole rings is 1. The standard InChI is InChI=1S/C20H36N4O2/c1-14(2)17-10-9-15(3)12-18(17)26-20(25)22-11-7-5-4-6-8-16-13-23-19(21)24-16/h13-15,17-18H,4-12H2,1-3H3,(H,22,25)(H3,21,23,24)/t15-,17+,18-/m1/s1. The Hall–Kier alpha value is -1.72. The smallest absolute Gasteiger partial charge is 0.407 e. The van der Waals surface area contributed by atoms with E-state index >= 15 is 0 Å². The zero-order valence-electron chi connectivity index (χ0n) is 16.6. The molecule has 1 fully saturated rings. The summed E-state index contributed by atoms with van der Waals surface area (Å²) >= 11 is 0. The number of hydrogen-bond donors (Lipinski definition) is 3. The molecule has 4 N–H and O–H groups in total. The number of carbonyl (C=O) groups is 1. The number of nitrogen functional groups attached to an aromatic ring is 1. The zero-order valence-corrected chi connectivity index (χ0v) is 16.6. The number of H-pyrrole nitrogens is 1. The maximum absolute atomic E-state index is 12.1. The second kappa shape index (κ2) is 10.4. The number of carbonyl (C=O) groups excluding carboxylic acids is 1. The van der Waals surface area contributed by atoms with Gasteiger partial charge in [-0.15, -0.1) is 0 Å². The molecule has 6 heteroatoms. The number of unbranched alkanes of at least 4 members (excludes halogenated alkanes) is 3. The van der Waals surface area contributed by atoms with Crippen molar-refractivity contribution in [2.45, 2.75) is 78.2 Å². The third-order valence-electron chi connectivity index (χ3n) is 5.51. The van der Waals surface area contributed by atoms with Crippen LogP contribution < -0.4 is 11.1 Å². The van der Waals surface area contributed by atoms with Crippen molar-refractivity contribution in [1.29, 1.82) is 0 Å². The summed E-state index contributed by atoms with van der Waals surface area (Å²) in [5.41, 5.74) is 6.65. The van der Waals surface area contributed by atoms with Crippen LogP contribution in [0.2, 0.25) is 0 Å². The van der Waals surface area contributed by atoms with Crippen molar-refractivity contribution in [2.24, 2.45) is 17.8 Å². The number of nitrogens with one attached hydrogen (secondary N) is 2. The maximum atomic E-state index is 12.1.